The van der Waals surface area contributed by atoms with Crippen molar-refractivity contribution in [2.45, 2.75) is 18.9 Å². The fourth-order valence-corrected chi connectivity index (χ4v) is 2.53. The molecule has 0 bridgehead atoms. The molecule has 2 amide bonds. The van der Waals surface area contributed by atoms with Crippen LogP contribution in [-0.2, 0) is 9.59 Å². The normalized spacial score (nSPS) is 19.8. The molecule has 0 aromatic heterocycles. The maximum atomic E-state index is 11.6. The molecule has 1 fully saturated rings. The van der Waals surface area contributed by atoms with Gasteiger partial charge in [-0.1, -0.05) is 0 Å². The number of hydrogen-bond donors (Lipinski definition) is 2. The van der Waals surface area contributed by atoms with E-state index in [2.05, 4.69) is 10.6 Å². The van der Waals surface area contributed by atoms with E-state index in [0.29, 0.717) is 19.4 Å². The van der Waals surface area contributed by atoms with Crippen LogP contribution in [0.5, 0.6) is 0 Å². The Morgan fingerprint density at radius 2 is 2.24 bits per heavy atom. The fourth-order valence-electron chi connectivity index (χ4n) is 1.58. The minimum atomic E-state index is 0.0246. The zero-order chi connectivity index (χ0) is 12.7. The number of carbonyl (C=O) groups excluding carboxylic acids is 2. The number of thioether (sulfide) groups is 1. The van der Waals surface area contributed by atoms with Crippen LogP contribution in [0.2, 0.25) is 0 Å². The molecule has 5 nitrogen and oxygen atoms in total. The van der Waals surface area contributed by atoms with E-state index in [1.165, 1.54) is 4.90 Å². The van der Waals surface area contributed by atoms with Crippen LogP contribution in [0.1, 0.15) is 12.8 Å². The van der Waals surface area contributed by atoms with Crippen molar-refractivity contribution < 1.29 is 9.59 Å². The van der Waals surface area contributed by atoms with Gasteiger partial charge in [0.2, 0.25) is 11.8 Å². The molecule has 1 aliphatic rings. The van der Waals surface area contributed by atoms with Gasteiger partial charge in [0, 0.05) is 57.6 Å². The van der Waals surface area contributed by atoms with Crippen molar-refractivity contribution in [1.29, 1.82) is 0 Å². The summed E-state index contributed by atoms with van der Waals surface area (Å²) in [6.07, 6.45) is 0.870. The van der Waals surface area contributed by atoms with E-state index >= 15 is 0 Å². The summed E-state index contributed by atoms with van der Waals surface area (Å²) in [5.41, 5.74) is 0. The van der Waals surface area contributed by atoms with Crippen LogP contribution in [0.15, 0.2) is 0 Å². The SMILES string of the molecule is CN(C)C(=O)CCNC(=O)CC1CSCCN1. The molecule has 0 aromatic rings. The van der Waals surface area contributed by atoms with Crippen LogP contribution < -0.4 is 10.6 Å². The maximum Gasteiger partial charge on any atom is 0.223 e. The third-order valence-corrected chi connectivity index (χ3v) is 3.72. The fraction of sp³-hybridized carbons (Fsp3) is 0.818. The Morgan fingerprint density at radius 1 is 1.47 bits per heavy atom. The lowest BCUT2D eigenvalue weighted by atomic mass is 10.2. The average molecular weight is 259 g/mol. The Morgan fingerprint density at radius 3 is 2.82 bits per heavy atom. The Hall–Kier alpha value is -0.750. The summed E-state index contributed by atoms with van der Waals surface area (Å²) in [6.45, 7) is 1.40. The average Bonchev–Trinajstić information content (AvgIpc) is 2.30. The van der Waals surface area contributed by atoms with E-state index in [9.17, 15) is 9.59 Å². The maximum absolute atomic E-state index is 11.6. The second-order valence-electron chi connectivity index (χ2n) is 4.32. The van der Waals surface area contributed by atoms with Crippen molar-refractivity contribution in [3.63, 3.8) is 0 Å². The first kappa shape index (κ1) is 14.3. The molecule has 1 atom stereocenters. The molecule has 1 heterocycles. The molecule has 1 saturated heterocycles. The monoisotopic (exact) mass is 259 g/mol. The summed E-state index contributed by atoms with van der Waals surface area (Å²) in [7, 11) is 3.43. The minimum Gasteiger partial charge on any atom is -0.356 e. The van der Waals surface area contributed by atoms with Crippen molar-refractivity contribution in [2.75, 3.05) is 38.7 Å². The van der Waals surface area contributed by atoms with E-state index in [4.69, 9.17) is 0 Å². The first-order valence-electron chi connectivity index (χ1n) is 5.87. The zero-order valence-corrected chi connectivity index (χ0v) is 11.3. The van der Waals surface area contributed by atoms with Crippen LogP contribution in [0.25, 0.3) is 0 Å². The summed E-state index contributed by atoms with van der Waals surface area (Å²) >= 11 is 1.87. The van der Waals surface area contributed by atoms with Crippen LogP contribution in [0.4, 0.5) is 0 Å². The molecular formula is C11H21N3O2S. The highest BCUT2D eigenvalue weighted by Crippen LogP contribution is 2.09. The van der Waals surface area contributed by atoms with Crippen LogP contribution >= 0.6 is 11.8 Å². The topological polar surface area (TPSA) is 61.4 Å². The third kappa shape index (κ3) is 5.93. The molecule has 1 unspecified atom stereocenters. The van der Waals surface area contributed by atoms with E-state index in [1.54, 1.807) is 14.1 Å². The lowest BCUT2D eigenvalue weighted by molar-refractivity contribution is -0.128. The molecule has 6 heteroatoms. The van der Waals surface area contributed by atoms with E-state index in [1.807, 2.05) is 11.8 Å². The minimum absolute atomic E-state index is 0.0246. The third-order valence-electron chi connectivity index (χ3n) is 2.59. The molecule has 0 spiro atoms. The molecule has 0 aliphatic carbocycles. The van der Waals surface area contributed by atoms with Crippen molar-refractivity contribution in [2.24, 2.45) is 0 Å². The van der Waals surface area contributed by atoms with Gasteiger partial charge in [-0.15, -0.1) is 0 Å². The van der Waals surface area contributed by atoms with E-state index < -0.39 is 0 Å². The van der Waals surface area contributed by atoms with Gasteiger partial charge in [-0.25, -0.2) is 0 Å². The quantitative estimate of drug-likeness (QED) is 0.710. The number of carbonyl (C=O) groups is 2. The van der Waals surface area contributed by atoms with Crippen molar-refractivity contribution in [3.05, 3.63) is 0 Å². The Kier molecular flexibility index (Phi) is 6.36. The van der Waals surface area contributed by atoms with Gasteiger partial charge in [0.15, 0.2) is 0 Å². The van der Waals surface area contributed by atoms with Gasteiger partial charge >= 0.3 is 0 Å². The van der Waals surface area contributed by atoms with Gasteiger partial charge in [0.05, 0.1) is 0 Å². The van der Waals surface area contributed by atoms with E-state index in [0.717, 1.165) is 18.1 Å². The first-order valence-corrected chi connectivity index (χ1v) is 7.03. The lowest BCUT2D eigenvalue weighted by Crippen LogP contribution is -2.41. The number of hydrogen-bond acceptors (Lipinski definition) is 4. The van der Waals surface area contributed by atoms with Crippen LogP contribution in [-0.4, -0.2) is 61.4 Å². The predicted molar refractivity (Wildman–Crippen MR) is 70.1 cm³/mol. The van der Waals surface area contributed by atoms with Gasteiger partial charge in [0.25, 0.3) is 0 Å². The van der Waals surface area contributed by atoms with Crippen molar-refractivity contribution in [1.82, 2.24) is 15.5 Å². The lowest BCUT2D eigenvalue weighted by Gasteiger charge is -2.22. The summed E-state index contributed by atoms with van der Waals surface area (Å²) in [6, 6.07) is 0.276. The van der Waals surface area contributed by atoms with E-state index in [-0.39, 0.29) is 17.9 Å². The number of rotatable bonds is 5. The van der Waals surface area contributed by atoms with Crippen LogP contribution in [0.3, 0.4) is 0 Å². The highest BCUT2D eigenvalue weighted by Gasteiger charge is 2.16. The summed E-state index contributed by atoms with van der Waals surface area (Å²) in [5.74, 6) is 2.17. The second-order valence-corrected chi connectivity index (χ2v) is 5.47. The number of nitrogens with one attached hydrogen (secondary N) is 2. The van der Waals surface area contributed by atoms with Gasteiger partial charge in [0.1, 0.15) is 0 Å². The predicted octanol–water partition coefficient (Wildman–Crippen LogP) is -0.324. The van der Waals surface area contributed by atoms with Crippen LogP contribution in [0, 0.1) is 0 Å². The standard InChI is InChI=1S/C11H21N3O2S/c1-14(2)11(16)3-4-13-10(15)7-9-8-17-6-5-12-9/h9,12H,3-8H2,1-2H3,(H,13,15). The number of amides is 2. The summed E-state index contributed by atoms with van der Waals surface area (Å²) < 4.78 is 0. The second kappa shape index (κ2) is 7.55. The first-order chi connectivity index (χ1) is 8.09. The molecule has 0 aromatic carbocycles. The zero-order valence-electron chi connectivity index (χ0n) is 10.5. The Balaban J connectivity index is 2.10. The Bertz CT molecular complexity index is 265. The van der Waals surface area contributed by atoms with Crippen molar-refractivity contribution >= 4 is 23.6 Å². The molecule has 98 valence electrons. The largest absolute Gasteiger partial charge is 0.356 e. The highest BCUT2D eigenvalue weighted by molar-refractivity contribution is 7.99. The molecule has 17 heavy (non-hydrogen) atoms. The molecule has 1 rings (SSSR count). The molecule has 0 saturated carbocycles. The Labute approximate surface area is 107 Å². The molecule has 1 aliphatic heterocycles. The van der Waals surface area contributed by atoms with Gasteiger partial charge in [-0.3, -0.25) is 9.59 Å². The highest BCUT2D eigenvalue weighted by atomic mass is 32.2. The summed E-state index contributed by atoms with van der Waals surface area (Å²) in [4.78, 5) is 24.4. The van der Waals surface area contributed by atoms with Gasteiger partial charge < -0.3 is 15.5 Å². The smallest absolute Gasteiger partial charge is 0.223 e. The van der Waals surface area contributed by atoms with Crippen molar-refractivity contribution in [3.8, 4) is 0 Å². The van der Waals surface area contributed by atoms with Gasteiger partial charge in [-0.2, -0.15) is 11.8 Å². The summed E-state index contributed by atoms with van der Waals surface area (Å²) in [5, 5.41) is 6.09. The molecular weight excluding hydrogens is 238 g/mol. The molecule has 2 N–H and O–H groups in total. The molecule has 0 radical (unpaired) electrons. The van der Waals surface area contributed by atoms with Gasteiger partial charge in [-0.05, 0) is 0 Å². The number of nitrogens with zero attached hydrogens (tertiary/aromatic N) is 1.